The predicted molar refractivity (Wildman–Crippen MR) is 164 cm³/mol. The van der Waals surface area contributed by atoms with Crippen LogP contribution >= 0.6 is 0 Å². The van der Waals surface area contributed by atoms with E-state index < -0.39 is 0 Å². The third-order valence-corrected chi connectivity index (χ3v) is 7.39. The maximum Gasteiger partial charge on any atom is 0.165 e. The minimum absolute atomic E-state index is 0.0703. The van der Waals surface area contributed by atoms with E-state index in [1.807, 2.05) is 31.2 Å². The van der Waals surface area contributed by atoms with Gasteiger partial charge < -0.3 is 9.47 Å². The number of Topliss-reactive ketones (excluding diaryl/α,β-unsaturated/α-hetero) is 1. The van der Waals surface area contributed by atoms with Crippen molar-refractivity contribution in [1.29, 1.82) is 0 Å². The normalized spacial score (nSPS) is 11.8. The zero-order valence-corrected chi connectivity index (χ0v) is 24.4. The molecule has 0 N–H and O–H groups in total. The first-order chi connectivity index (χ1) is 19.1. The van der Waals surface area contributed by atoms with Gasteiger partial charge in [-0.05, 0) is 65.9 Å². The monoisotopic (exact) mass is 528 g/mol. The second-order valence-corrected chi connectivity index (χ2v) is 10.8. The van der Waals surface area contributed by atoms with E-state index in [-0.39, 0.29) is 11.7 Å². The van der Waals surface area contributed by atoms with Crippen molar-refractivity contribution < 1.29 is 14.3 Å². The van der Waals surface area contributed by atoms with Crippen molar-refractivity contribution in [2.45, 2.75) is 98.0 Å². The molecule has 0 heterocycles. The van der Waals surface area contributed by atoms with Crippen LogP contribution in [0.5, 0.6) is 11.5 Å². The highest BCUT2D eigenvalue weighted by atomic mass is 16.5. The van der Waals surface area contributed by atoms with Crippen LogP contribution < -0.4 is 9.47 Å². The van der Waals surface area contributed by atoms with Crippen molar-refractivity contribution in [3.05, 3.63) is 83.9 Å². The van der Waals surface area contributed by atoms with Gasteiger partial charge in [0.15, 0.2) is 5.78 Å². The third-order valence-electron chi connectivity index (χ3n) is 7.39. The summed E-state index contributed by atoms with van der Waals surface area (Å²) >= 11 is 0. The fourth-order valence-electron chi connectivity index (χ4n) is 4.78. The summed E-state index contributed by atoms with van der Waals surface area (Å²) in [6.07, 6.45) is 13.4. The average molecular weight is 529 g/mol. The minimum Gasteiger partial charge on any atom is -0.494 e. The molecule has 0 aliphatic carbocycles. The van der Waals surface area contributed by atoms with Crippen molar-refractivity contribution in [2.75, 3.05) is 6.61 Å². The predicted octanol–water partition coefficient (Wildman–Crippen LogP) is 10.5. The van der Waals surface area contributed by atoms with Crippen LogP contribution in [0.3, 0.4) is 0 Å². The van der Waals surface area contributed by atoms with Gasteiger partial charge in [0.25, 0.3) is 0 Å². The maximum absolute atomic E-state index is 12.7. The van der Waals surface area contributed by atoms with Crippen molar-refractivity contribution in [1.82, 2.24) is 0 Å². The van der Waals surface area contributed by atoms with Crippen LogP contribution in [0.2, 0.25) is 0 Å². The van der Waals surface area contributed by atoms with E-state index in [4.69, 9.17) is 9.47 Å². The zero-order chi connectivity index (χ0) is 27.7. The molecule has 0 aliphatic heterocycles. The summed E-state index contributed by atoms with van der Waals surface area (Å²) in [5.41, 5.74) is 4.23. The Balaban J connectivity index is 1.41. The standard InChI is InChI=1S/C36H48O3/c1-4-6-8-10-11-13-27-38-34-23-19-32(20-24-34)31-17-15-30(16-18-31)28-39-35-25-21-33(22-26-35)36(37)29(3)14-12-9-7-5-2/h15-26,29H,4-14,27-28H2,1-3H3. The summed E-state index contributed by atoms with van der Waals surface area (Å²) in [6, 6.07) is 24.4. The molecule has 0 radical (unpaired) electrons. The molecule has 0 amide bonds. The Morgan fingerprint density at radius 2 is 1.13 bits per heavy atom. The molecule has 0 bridgehead atoms. The number of hydrogen-bond donors (Lipinski definition) is 0. The maximum atomic E-state index is 12.7. The Morgan fingerprint density at radius 1 is 0.615 bits per heavy atom. The van der Waals surface area contributed by atoms with Crippen molar-refractivity contribution in [3.63, 3.8) is 0 Å². The Bertz CT molecular complexity index is 1070. The van der Waals surface area contributed by atoms with E-state index in [1.54, 1.807) is 0 Å². The largest absolute Gasteiger partial charge is 0.494 e. The van der Waals surface area contributed by atoms with E-state index in [0.29, 0.717) is 6.61 Å². The van der Waals surface area contributed by atoms with E-state index in [0.717, 1.165) is 48.5 Å². The molecule has 0 aromatic heterocycles. The average Bonchev–Trinajstić information content (AvgIpc) is 2.98. The number of carbonyl (C=O) groups is 1. The minimum atomic E-state index is 0.0703. The van der Waals surface area contributed by atoms with Gasteiger partial charge in [-0.2, -0.15) is 0 Å². The lowest BCUT2D eigenvalue weighted by Crippen LogP contribution is -2.11. The first-order valence-corrected chi connectivity index (χ1v) is 15.2. The third kappa shape index (κ3) is 10.9. The SMILES string of the molecule is CCCCCCCCOc1ccc(-c2ccc(COc3ccc(C(=O)C(C)CCCCCC)cc3)cc2)cc1. The number of unbranched alkanes of at least 4 members (excludes halogenated alkanes) is 8. The van der Waals surface area contributed by atoms with Crippen LogP contribution in [0.1, 0.15) is 107 Å². The second kappa shape index (κ2) is 17.5. The summed E-state index contributed by atoms with van der Waals surface area (Å²) in [6.45, 7) is 7.78. The van der Waals surface area contributed by atoms with Crippen molar-refractivity contribution in [2.24, 2.45) is 5.92 Å². The van der Waals surface area contributed by atoms with Crippen molar-refractivity contribution >= 4 is 5.78 Å². The molecular formula is C36H48O3. The Hall–Kier alpha value is -3.07. The van der Waals surface area contributed by atoms with E-state index in [9.17, 15) is 4.79 Å². The molecule has 3 rings (SSSR count). The topological polar surface area (TPSA) is 35.5 Å². The van der Waals surface area contributed by atoms with Gasteiger partial charge in [-0.25, -0.2) is 0 Å². The first-order valence-electron chi connectivity index (χ1n) is 15.2. The smallest absolute Gasteiger partial charge is 0.165 e. The first kappa shape index (κ1) is 30.5. The molecule has 0 aliphatic rings. The molecule has 3 heteroatoms. The lowest BCUT2D eigenvalue weighted by Gasteiger charge is -2.12. The van der Waals surface area contributed by atoms with Crippen LogP contribution in [0.15, 0.2) is 72.8 Å². The number of benzene rings is 3. The molecular weight excluding hydrogens is 480 g/mol. The van der Waals surface area contributed by atoms with Crippen molar-refractivity contribution in [3.8, 4) is 22.6 Å². The summed E-state index contributed by atoms with van der Waals surface area (Å²) in [5.74, 6) is 2.02. The van der Waals surface area contributed by atoms with Crippen LogP contribution in [0.25, 0.3) is 11.1 Å². The molecule has 0 spiro atoms. The number of ketones is 1. The molecule has 210 valence electrons. The van der Waals surface area contributed by atoms with E-state index in [1.165, 1.54) is 62.5 Å². The summed E-state index contributed by atoms with van der Waals surface area (Å²) in [5, 5.41) is 0. The fourth-order valence-corrected chi connectivity index (χ4v) is 4.78. The molecule has 1 unspecified atom stereocenters. The molecule has 39 heavy (non-hydrogen) atoms. The Kier molecular flexibility index (Phi) is 13.7. The summed E-state index contributed by atoms with van der Waals surface area (Å²) < 4.78 is 11.9. The quantitative estimate of drug-likeness (QED) is 0.115. The number of rotatable bonds is 19. The number of hydrogen-bond acceptors (Lipinski definition) is 3. The number of carbonyl (C=O) groups excluding carboxylic acids is 1. The van der Waals surface area contributed by atoms with Gasteiger partial charge in [0.05, 0.1) is 6.61 Å². The van der Waals surface area contributed by atoms with Gasteiger partial charge in [0.2, 0.25) is 0 Å². The van der Waals surface area contributed by atoms with Gasteiger partial charge in [-0.15, -0.1) is 0 Å². The Morgan fingerprint density at radius 3 is 1.77 bits per heavy atom. The molecule has 1 atom stereocenters. The molecule has 0 saturated carbocycles. The lowest BCUT2D eigenvalue weighted by molar-refractivity contribution is 0.0922. The number of ether oxygens (including phenoxy) is 2. The second-order valence-electron chi connectivity index (χ2n) is 10.8. The highest BCUT2D eigenvalue weighted by Gasteiger charge is 2.15. The molecule has 3 aromatic rings. The van der Waals surface area contributed by atoms with Gasteiger partial charge >= 0.3 is 0 Å². The van der Waals surface area contributed by atoms with Crippen LogP contribution in [0.4, 0.5) is 0 Å². The van der Waals surface area contributed by atoms with E-state index >= 15 is 0 Å². The molecule has 0 saturated heterocycles. The zero-order valence-electron chi connectivity index (χ0n) is 24.4. The van der Waals surface area contributed by atoms with Crippen LogP contribution in [0, 0.1) is 5.92 Å². The highest BCUT2D eigenvalue weighted by molar-refractivity contribution is 5.97. The highest BCUT2D eigenvalue weighted by Crippen LogP contribution is 2.24. The Labute approximate surface area is 237 Å². The van der Waals surface area contributed by atoms with Gasteiger partial charge in [-0.3, -0.25) is 4.79 Å². The summed E-state index contributed by atoms with van der Waals surface area (Å²) in [7, 11) is 0. The van der Waals surface area contributed by atoms with Gasteiger partial charge in [-0.1, -0.05) is 115 Å². The molecule has 0 fully saturated rings. The van der Waals surface area contributed by atoms with E-state index in [2.05, 4.69) is 62.4 Å². The molecule has 3 aromatic carbocycles. The summed E-state index contributed by atoms with van der Waals surface area (Å²) in [4.78, 5) is 12.7. The van der Waals surface area contributed by atoms with Crippen LogP contribution in [-0.4, -0.2) is 12.4 Å². The molecule has 3 nitrogen and oxygen atoms in total. The van der Waals surface area contributed by atoms with Crippen LogP contribution in [-0.2, 0) is 6.61 Å². The van der Waals surface area contributed by atoms with Gasteiger partial charge in [0.1, 0.15) is 18.1 Å². The lowest BCUT2D eigenvalue weighted by atomic mass is 9.94. The van der Waals surface area contributed by atoms with Gasteiger partial charge in [0, 0.05) is 11.5 Å². The fraction of sp³-hybridized carbons (Fsp3) is 0.472.